The van der Waals surface area contributed by atoms with Crippen LogP contribution in [0.2, 0.25) is 0 Å². The summed E-state index contributed by atoms with van der Waals surface area (Å²) in [6, 6.07) is 16.0. The Bertz CT molecular complexity index is 1680. The molecule has 0 N–H and O–H groups in total. The van der Waals surface area contributed by atoms with E-state index in [0.717, 1.165) is 96.7 Å². The van der Waals surface area contributed by atoms with Crippen LogP contribution in [0.25, 0.3) is 0 Å². The first-order valence-corrected chi connectivity index (χ1v) is 23.9. The molecule has 0 bridgehead atoms. The molecule has 0 saturated heterocycles. The van der Waals surface area contributed by atoms with Crippen molar-refractivity contribution >= 4 is 5.97 Å². The number of esters is 1. The number of hydrogen-bond acceptors (Lipinski definition) is 4. The van der Waals surface area contributed by atoms with Gasteiger partial charge in [-0.1, -0.05) is 104 Å². The third-order valence-corrected chi connectivity index (χ3v) is 15.5. The molecule has 2 aromatic rings. The molecule has 4 nitrogen and oxygen atoms in total. The second-order valence-corrected chi connectivity index (χ2v) is 20.0. The van der Waals surface area contributed by atoms with Gasteiger partial charge in [0.15, 0.2) is 0 Å². The van der Waals surface area contributed by atoms with E-state index in [1.54, 1.807) is 5.57 Å². The van der Waals surface area contributed by atoms with E-state index in [-0.39, 0.29) is 23.6 Å². The van der Waals surface area contributed by atoms with Crippen molar-refractivity contribution in [2.75, 3.05) is 6.61 Å². The van der Waals surface area contributed by atoms with E-state index in [9.17, 15) is 4.79 Å². The van der Waals surface area contributed by atoms with E-state index in [1.807, 2.05) is 48.5 Å². The van der Waals surface area contributed by atoms with Gasteiger partial charge in [0.1, 0.15) is 17.6 Å². The van der Waals surface area contributed by atoms with Gasteiger partial charge in [-0.05, 0) is 172 Å². The predicted octanol–water partition coefficient (Wildman–Crippen LogP) is 14.3. The van der Waals surface area contributed by atoms with E-state index in [1.165, 1.54) is 77.0 Å². The number of hydrogen-bond donors (Lipinski definition) is 0. The molecule has 318 valence electrons. The van der Waals surface area contributed by atoms with Crippen LogP contribution in [0.5, 0.6) is 11.5 Å². The van der Waals surface area contributed by atoms with E-state index in [4.69, 9.17) is 14.2 Å². The van der Waals surface area contributed by atoms with E-state index >= 15 is 0 Å². The number of carbonyl (C=O) groups is 1. The average Bonchev–Trinajstić information content (AvgIpc) is 3.57. The molecule has 2 aromatic carbocycles. The van der Waals surface area contributed by atoms with Gasteiger partial charge < -0.3 is 14.2 Å². The number of fused-ring (bicyclic) bond motifs is 5. The van der Waals surface area contributed by atoms with Gasteiger partial charge >= 0.3 is 5.97 Å². The third-order valence-electron chi connectivity index (χ3n) is 15.5. The highest BCUT2D eigenvalue weighted by molar-refractivity contribution is 5.69. The molecule has 3 saturated carbocycles. The Kier molecular flexibility index (Phi) is 16.0. The van der Waals surface area contributed by atoms with Crippen LogP contribution in [0.1, 0.15) is 182 Å². The van der Waals surface area contributed by atoms with Gasteiger partial charge in [-0.3, -0.25) is 4.79 Å². The Morgan fingerprint density at radius 2 is 1.48 bits per heavy atom. The minimum atomic E-state index is -0.0479. The minimum absolute atomic E-state index is 0.0322. The molecule has 0 unspecified atom stereocenters. The molecule has 0 spiro atoms. The van der Waals surface area contributed by atoms with Crippen LogP contribution >= 0.6 is 0 Å². The molecule has 58 heavy (non-hydrogen) atoms. The van der Waals surface area contributed by atoms with Gasteiger partial charge in [-0.25, -0.2) is 0 Å². The summed E-state index contributed by atoms with van der Waals surface area (Å²) in [5.41, 5.74) is 4.32. The summed E-state index contributed by atoms with van der Waals surface area (Å²) < 4.78 is 18.2. The standard InChI is InChI=1S/C54H78O4/c1-8-9-10-11-17-41(5)57-46-28-23-43(24-29-46)20-19-42-21-26-45(27-22-42)56-37-13-12-18-52(55)58-47-33-35-53(6)44(38-47)25-30-48-50-32-31-49(40(4)16-14-15-39(2)3)54(50,7)36-34-51(48)53/h21-29,39-41,47-51H,8-18,30-38H2,1-7H3/t40-,41+,47+,48+,49-,50+,51+,53+,54-/m1/s1. The number of ether oxygens (including phenoxy) is 3. The first kappa shape index (κ1) is 44.4. The maximum absolute atomic E-state index is 13.0. The molecule has 4 aliphatic rings. The summed E-state index contributed by atoms with van der Waals surface area (Å²) in [5, 5.41) is 0. The number of unbranched alkanes of at least 4 members (excludes halogenated alkanes) is 4. The maximum Gasteiger partial charge on any atom is 0.306 e. The van der Waals surface area contributed by atoms with Crippen LogP contribution < -0.4 is 9.47 Å². The molecule has 0 amide bonds. The summed E-state index contributed by atoms with van der Waals surface area (Å²) in [4.78, 5) is 13.0. The molecule has 0 heterocycles. The summed E-state index contributed by atoms with van der Waals surface area (Å²) >= 11 is 0. The number of rotatable bonds is 19. The zero-order chi connectivity index (χ0) is 41.1. The fourth-order valence-corrected chi connectivity index (χ4v) is 12.1. The molecule has 9 atom stereocenters. The SMILES string of the molecule is CCCCCC[C@H](C)Oc1ccc(C#Cc2ccc(OCCCCC(=O)O[C@H]3CC[C@@]4(C)C(=CC[C@H]5[C@@H]6CC[C@H]([C@H](C)CCCC(C)C)[C@@]6(C)CC[C@@H]54)C3)cc2)cc1. The number of carbonyl (C=O) groups excluding carboxylic acids is 1. The normalized spacial score (nSPS) is 28.6. The third kappa shape index (κ3) is 11.3. The molecule has 0 aromatic heterocycles. The summed E-state index contributed by atoms with van der Waals surface area (Å²) in [5.74, 6) is 13.3. The molecule has 0 aliphatic heterocycles. The monoisotopic (exact) mass is 791 g/mol. The lowest BCUT2D eigenvalue weighted by Crippen LogP contribution is -2.51. The molecule has 4 aliphatic carbocycles. The van der Waals surface area contributed by atoms with Crippen LogP contribution in [0.4, 0.5) is 0 Å². The zero-order valence-electron chi connectivity index (χ0n) is 37.6. The van der Waals surface area contributed by atoms with Crippen LogP contribution in [0.15, 0.2) is 60.2 Å². The average molecular weight is 791 g/mol. The summed E-state index contributed by atoms with van der Waals surface area (Å²) in [7, 11) is 0. The van der Waals surface area contributed by atoms with E-state index in [2.05, 4.69) is 66.4 Å². The van der Waals surface area contributed by atoms with Crippen molar-refractivity contribution < 1.29 is 19.0 Å². The van der Waals surface area contributed by atoms with Crippen LogP contribution in [0.3, 0.4) is 0 Å². The number of benzene rings is 2. The smallest absolute Gasteiger partial charge is 0.306 e. The van der Waals surface area contributed by atoms with Crippen molar-refractivity contribution in [1.82, 2.24) is 0 Å². The summed E-state index contributed by atoms with van der Waals surface area (Å²) in [6.45, 7) is 17.6. The highest BCUT2D eigenvalue weighted by Crippen LogP contribution is 2.67. The quantitative estimate of drug-likeness (QED) is 0.0615. The lowest BCUT2D eigenvalue weighted by atomic mass is 9.47. The van der Waals surface area contributed by atoms with Crippen molar-refractivity contribution in [2.45, 2.75) is 183 Å². The molecular weight excluding hydrogens is 713 g/mol. The Hall–Kier alpha value is -3.19. The Morgan fingerprint density at radius 3 is 2.19 bits per heavy atom. The van der Waals surface area contributed by atoms with Crippen molar-refractivity contribution in [1.29, 1.82) is 0 Å². The van der Waals surface area contributed by atoms with E-state index < -0.39 is 0 Å². The van der Waals surface area contributed by atoms with Gasteiger partial charge in [0.25, 0.3) is 0 Å². The second-order valence-electron chi connectivity index (χ2n) is 20.0. The first-order valence-electron chi connectivity index (χ1n) is 23.9. The van der Waals surface area contributed by atoms with Gasteiger partial charge in [-0.15, -0.1) is 0 Å². The molecule has 4 heteroatoms. The van der Waals surface area contributed by atoms with Crippen molar-refractivity contribution in [3.63, 3.8) is 0 Å². The van der Waals surface area contributed by atoms with Gasteiger partial charge in [0.2, 0.25) is 0 Å². The van der Waals surface area contributed by atoms with Crippen LogP contribution in [0, 0.1) is 58.2 Å². The second kappa shape index (κ2) is 20.9. The topological polar surface area (TPSA) is 44.8 Å². The molecule has 0 radical (unpaired) electrons. The molecule has 3 fully saturated rings. The lowest BCUT2D eigenvalue weighted by Gasteiger charge is -2.58. The van der Waals surface area contributed by atoms with Gasteiger partial charge in [0.05, 0.1) is 12.7 Å². The van der Waals surface area contributed by atoms with E-state index in [0.29, 0.717) is 18.4 Å². The highest BCUT2D eigenvalue weighted by atomic mass is 16.5. The van der Waals surface area contributed by atoms with Gasteiger partial charge in [-0.2, -0.15) is 0 Å². The molecule has 6 rings (SSSR count). The zero-order valence-corrected chi connectivity index (χ0v) is 37.6. The Balaban J connectivity index is 0.879. The van der Waals surface area contributed by atoms with Crippen molar-refractivity contribution in [2.24, 2.45) is 46.3 Å². The largest absolute Gasteiger partial charge is 0.494 e. The Morgan fingerprint density at radius 1 is 0.759 bits per heavy atom. The molecular formula is C54H78O4. The summed E-state index contributed by atoms with van der Waals surface area (Å²) in [6.07, 6.45) is 25.3. The highest BCUT2D eigenvalue weighted by Gasteiger charge is 2.59. The van der Waals surface area contributed by atoms with Crippen LogP contribution in [-0.2, 0) is 9.53 Å². The van der Waals surface area contributed by atoms with Crippen molar-refractivity contribution in [3.05, 3.63) is 71.3 Å². The number of allylic oxidation sites excluding steroid dienone is 1. The van der Waals surface area contributed by atoms with Crippen LogP contribution in [-0.4, -0.2) is 24.8 Å². The maximum atomic E-state index is 13.0. The fourth-order valence-electron chi connectivity index (χ4n) is 12.1. The fraction of sp³-hybridized carbons (Fsp3) is 0.685. The Labute approximate surface area is 354 Å². The van der Waals surface area contributed by atoms with Gasteiger partial charge in [0, 0.05) is 24.0 Å². The van der Waals surface area contributed by atoms with Crippen molar-refractivity contribution in [3.8, 4) is 23.3 Å². The minimum Gasteiger partial charge on any atom is -0.494 e. The first-order chi connectivity index (χ1) is 28.0. The predicted molar refractivity (Wildman–Crippen MR) is 240 cm³/mol. The lowest BCUT2D eigenvalue weighted by molar-refractivity contribution is -0.151.